The summed E-state index contributed by atoms with van der Waals surface area (Å²) in [5, 5.41) is 16.4. The van der Waals surface area contributed by atoms with Crippen LogP contribution in [0.2, 0.25) is 0 Å². The predicted molar refractivity (Wildman–Crippen MR) is 74.3 cm³/mol. The third kappa shape index (κ3) is 2.86. The van der Waals surface area contributed by atoms with Crippen molar-refractivity contribution >= 4 is 0 Å². The Bertz CT molecular complexity index is 654. The Kier molecular flexibility index (Phi) is 4.16. The van der Waals surface area contributed by atoms with E-state index in [2.05, 4.69) is 17.3 Å². The first-order chi connectivity index (χ1) is 9.52. The van der Waals surface area contributed by atoms with Gasteiger partial charge in [-0.15, -0.1) is 0 Å². The van der Waals surface area contributed by atoms with E-state index in [0.717, 1.165) is 16.8 Å². The van der Waals surface area contributed by atoms with Crippen LogP contribution in [0.3, 0.4) is 0 Å². The maximum absolute atomic E-state index is 13.2. The van der Waals surface area contributed by atoms with Crippen molar-refractivity contribution in [3.8, 4) is 6.07 Å². The molecule has 0 spiro atoms. The van der Waals surface area contributed by atoms with Gasteiger partial charge < -0.3 is 5.32 Å². The minimum atomic E-state index is -0.479. The van der Waals surface area contributed by atoms with E-state index in [1.807, 2.05) is 30.9 Å². The fourth-order valence-electron chi connectivity index (χ4n) is 2.09. The summed E-state index contributed by atoms with van der Waals surface area (Å²) in [7, 11) is 1.91. The average Bonchev–Trinajstić information content (AvgIpc) is 2.78. The Morgan fingerprint density at radius 1 is 1.50 bits per heavy atom. The van der Waals surface area contributed by atoms with Crippen LogP contribution in [0.25, 0.3) is 0 Å². The number of halogens is 1. The van der Waals surface area contributed by atoms with Crippen molar-refractivity contribution in [1.82, 2.24) is 15.1 Å². The quantitative estimate of drug-likeness (QED) is 0.930. The molecule has 1 unspecified atom stereocenters. The van der Waals surface area contributed by atoms with Gasteiger partial charge in [-0.2, -0.15) is 10.4 Å². The van der Waals surface area contributed by atoms with E-state index in [0.29, 0.717) is 6.54 Å². The second-order valence-corrected chi connectivity index (χ2v) is 4.84. The van der Waals surface area contributed by atoms with Crippen LogP contribution in [0.5, 0.6) is 0 Å². The molecule has 2 rings (SSSR count). The van der Waals surface area contributed by atoms with Gasteiger partial charge in [-0.05, 0) is 31.5 Å². The second kappa shape index (κ2) is 5.85. The third-order valence-corrected chi connectivity index (χ3v) is 3.50. The molecule has 1 aromatic carbocycles. The zero-order valence-corrected chi connectivity index (χ0v) is 11.8. The molecule has 2 aromatic rings. The molecular weight excluding hydrogens is 255 g/mol. The molecule has 0 radical (unpaired) electrons. The molecule has 0 aliphatic carbocycles. The highest BCUT2D eigenvalue weighted by Crippen LogP contribution is 2.17. The van der Waals surface area contributed by atoms with Crippen LogP contribution in [0.1, 0.15) is 35.3 Å². The van der Waals surface area contributed by atoms with Crippen molar-refractivity contribution in [3.63, 3.8) is 0 Å². The van der Waals surface area contributed by atoms with E-state index in [1.54, 1.807) is 12.1 Å². The predicted octanol–water partition coefficient (Wildman–Crippen LogP) is 2.59. The first-order valence-electron chi connectivity index (χ1n) is 6.43. The average molecular weight is 272 g/mol. The van der Waals surface area contributed by atoms with Crippen LogP contribution in [0.15, 0.2) is 24.4 Å². The molecular formula is C15H17FN4. The summed E-state index contributed by atoms with van der Waals surface area (Å²) in [5.41, 5.74) is 3.21. The molecule has 0 amide bonds. The molecule has 0 aliphatic heterocycles. The zero-order valence-electron chi connectivity index (χ0n) is 11.8. The normalized spacial score (nSPS) is 12.2. The van der Waals surface area contributed by atoms with Crippen LogP contribution >= 0.6 is 0 Å². The van der Waals surface area contributed by atoms with Crippen molar-refractivity contribution < 1.29 is 4.39 Å². The lowest BCUT2D eigenvalue weighted by molar-refractivity contribution is 0.568. The Morgan fingerprint density at radius 2 is 2.25 bits per heavy atom. The maximum Gasteiger partial charge on any atom is 0.140 e. The van der Waals surface area contributed by atoms with E-state index in [9.17, 15) is 4.39 Å². The van der Waals surface area contributed by atoms with Crippen LogP contribution in [0, 0.1) is 24.1 Å². The van der Waals surface area contributed by atoms with Gasteiger partial charge in [-0.25, -0.2) is 4.39 Å². The van der Waals surface area contributed by atoms with Crippen LogP contribution in [-0.4, -0.2) is 9.78 Å². The van der Waals surface area contributed by atoms with Gasteiger partial charge in [0, 0.05) is 30.9 Å². The summed E-state index contributed by atoms with van der Waals surface area (Å²) < 4.78 is 15.1. The highest BCUT2D eigenvalue weighted by atomic mass is 19.1. The highest BCUT2D eigenvalue weighted by Gasteiger charge is 2.11. The van der Waals surface area contributed by atoms with Crippen molar-refractivity contribution in [2.75, 3.05) is 0 Å². The molecule has 1 atom stereocenters. The zero-order chi connectivity index (χ0) is 14.7. The Morgan fingerprint density at radius 3 is 2.85 bits per heavy atom. The summed E-state index contributed by atoms with van der Waals surface area (Å²) in [6.07, 6.45) is 1.85. The first-order valence-corrected chi connectivity index (χ1v) is 6.43. The summed E-state index contributed by atoms with van der Waals surface area (Å²) >= 11 is 0. The number of nitrogens with zero attached hydrogens (tertiary/aromatic N) is 3. The van der Waals surface area contributed by atoms with E-state index < -0.39 is 5.82 Å². The van der Waals surface area contributed by atoms with Crippen molar-refractivity contribution in [3.05, 3.63) is 52.6 Å². The van der Waals surface area contributed by atoms with E-state index in [4.69, 9.17) is 5.26 Å². The largest absolute Gasteiger partial charge is 0.306 e. The molecule has 4 nitrogen and oxygen atoms in total. The van der Waals surface area contributed by atoms with Crippen molar-refractivity contribution in [2.24, 2.45) is 7.05 Å². The number of hydrogen-bond donors (Lipinski definition) is 1. The molecule has 5 heteroatoms. The smallest absolute Gasteiger partial charge is 0.140 e. The Hall–Kier alpha value is -2.19. The van der Waals surface area contributed by atoms with E-state index in [-0.39, 0.29) is 11.6 Å². The lowest BCUT2D eigenvalue weighted by Gasteiger charge is -2.14. The third-order valence-electron chi connectivity index (χ3n) is 3.50. The summed E-state index contributed by atoms with van der Waals surface area (Å²) in [6.45, 7) is 4.65. The van der Waals surface area contributed by atoms with Gasteiger partial charge in [0.05, 0.1) is 11.8 Å². The molecule has 0 fully saturated rings. The first kappa shape index (κ1) is 14.2. The topological polar surface area (TPSA) is 53.6 Å². The lowest BCUT2D eigenvalue weighted by Crippen LogP contribution is -2.18. The number of nitriles is 1. The Balaban J connectivity index is 2.06. The van der Waals surface area contributed by atoms with Crippen LogP contribution < -0.4 is 5.32 Å². The van der Waals surface area contributed by atoms with Gasteiger partial charge in [0.2, 0.25) is 0 Å². The standard InChI is InChI=1S/C15H17FN4/c1-10(14-9-19-20(3)11(14)2)18-8-12-4-5-15(16)13(6-12)7-17/h4-6,9-10,18H,8H2,1-3H3. The van der Waals surface area contributed by atoms with Gasteiger partial charge in [-0.3, -0.25) is 4.68 Å². The fourth-order valence-corrected chi connectivity index (χ4v) is 2.09. The number of rotatable bonds is 4. The van der Waals surface area contributed by atoms with Crippen LogP contribution in [0.4, 0.5) is 4.39 Å². The van der Waals surface area contributed by atoms with Crippen molar-refractivity contribution in [2.45, 2.75) is 26.4 Å². The number of nitrogens with one attached hydrogen (secondary N) is 1. The molecule has 1 heterocycles. The Labute approximate surface area is 117 Å². The molecule has 0 aliphatic rings. The molecule has 0 saturated carbocycles. The fraction of sp³-hybridized carbons (Fsp3) is 0.333. The van der Waals surface area contributed by atoms with E-state index in [1.165, 1.54) is 6.07 Å². The maximum atomic E-state index is 13.2. The van der Waals surface area contributed by atoms with E-state index >= 15 is 0 Å². The van der Waals surface area contributed by atoms with Gasteiger partial charge in [0.25, 0.3) is 0 Å². The van der Waals surface area contributed by atoms with Gasteiger partial charge >= 0.3 is 0 Å². The van der Waals surface area contributed by atoms with Crippen LogP contribution in [-0.2, 0) is 13.6 Å². The summed E-state index contributed by atoms with van der Waals surface area (Å²) in [6, 6.07) is 6.58. The molecule has 104 valence electrons. The lowest BCUT2D eigenvalue weighted by atomic mass is 10.1. The molecule has 1 N–H and O–H groups in total. The number of hydrogen-bond acceptors (Lipinski definition) is 3. The summed E-state index contributed by atoms with van der Waals surface area (Å²) in [4.78, 5) is 0. The minimum Gasteiger partial charge on any atom is -0.306 e. The SMILES string of the molecule is Cc1c(C(C)NCc2ccc(F)c(C#N)c2)cnn1C. The second-order valence-electron chi connectivity index (χ2n) is 4.84. The highest BCUT2D eigenvalue weighted by molar-refractivity contribution is 5.34. The molecule has 20 heavy (non-hydrogen) atoms. The number of aromatic nitrogens is 2. The number of benzene rings is 1. The number of aryl methyl sites for hydroxylation is 1. The minimum absolute atomic E-state index is 0.0783. The van der Waals surface area contributed by atoms with Gasteiger partial charge in [0.15, 0.2) is 0 Å². The molecule has 0 saturated heterocycles. The monoisotopic (exact) mass is 272 g/mol. The van der Waals surface area contributed by atoms with Gasteiger partial charge in [0.1, 0.15) is 11.9 Å². The summed E-state index contributed by atoms with van der Waals surface area (Å²) in [5.74, 6) is -0.479. The molecule has 0 bridgehead atoms. The van der Waals surface area contributed by atoms with Gasteiger partial charge in [-0.1, -0.05) is 6.07 Å². The molecule has 1 aromatic heterocycles. The van der Waals surface area contributed by atoms with Crippen molar-refractivity contribution in [1.29, 1.82) is 5.26 Å².